The third-order valence-corrected chi connectivity index (χ3v) is 5.16. The first-order valence-electron chi connectivity index (χ1n) is 9.43. The van der Waals surface area contributed by atoms with Gasteiger partial charge in [0, 0.05) is 17.9 Å². The number of methoxy groups -OCH3 is 1. The number of amides is 1. The number of rotatable bonds is 6. The molecule has 1 aromatic heterocycles. The summed E-state index contributed by atoms with van der Waals surface area (Å²) in [6, 6.07) is 10.9. The van der Waals surface area contributed by atoms with Gasteiger partial charge in [0.2, 0.25) is 0 Å². The van der Waals surface area contributed by atoms with Crippen LogP contribution in [-0.2, 0) is 13.0 Å². The van der Waals surface area contributed by atoms with E-state index in [9.17, 15) is 13.6 Å². The molecule has 4 nitrogen and oxygen atoms in total. The summed E-state index contributed by atoms with van der Waals surface area (Å²) in [6.45, 7) is 6.16. The summed E-state index contributed by atoms with van der Waals surface area (Å²) in [7, 11) is 1.58. The number of halogens is 2. The van der Waals surface area contributed by atoms with Gasteiger partial charge in [0.15, 0.2) is 11.6 Å². The summed E-state index contributed by atoms with van der Waals surface area (Å²) in [4.78, 5) is 13.1. The number of aromatic nitrogens is 1. The zero-order valence-electron chi connectivity index (χ0n) is 17.0. The van der Waals surface area contributed by atoms with E-state index in [-0.39, 0.29) is 12.5 Å². The average molecular weight is 398 g/mol. The van der Waals surface area contributed by atoms with Gasteiger partial charge in [-0.3, -0.25) is 4.79 Å². The van der Waals surface area contributed by atoms with Crippen LogP contribution in [0.4, 0.5) is 14.5 Å². The van der Waals surface area contributed by atoms with Gasteiger partial charge in [-0.2, -0.15) is 0 Å². The largest absolute Gasteiger partial charge is 0.497 e. The van der Waals surface area contributed by atoms with Gasteiger partial charge in [-0.15, -0.1) is 0 Å². The molecule has 0 unspecified atom stereocenters. The van der Waals surface area contributed by atoms with Crippen molar-refractivity contribution in [1.29, 1.82) is 0 Å². The standard InChI is InChI=1S/C23H24F2N2O2/c1-5-19-14(2)22(23(28)26-17-7-9-18(29-4)10-8-17)27(15(19)3)13-16-6-11-20(24)21(25)12-16/h6-12H,5,13H2,1-4H3,(H,26,28). The molecule has 0 atom stereocenters. The molecule has 0 bridgehead atoms. The van der Waals surface area contributed by atoms with Crippen LogP contribution in [0, 0.1) is 25.5 Å². The van der Waals surface area contributed by atoms with E-state index in [1.54, 1.807) is 31.4 Å². The fourth-order valence-corrected chi connectivity index (χ4v) is 3.64. The maximum Gasteiger partial charge on any atom is 0.272 e. The van der Waals surface area contributed by atoms with Gasteiger partial charge in [0.1, 0.15) is 11.4 Å². The molecule has 0 spiro atoms. The number of benzene rings is 2. The summed E-state index contributed by atoms with van der Waals surface area (Å²) in [5.74, 6) is -1.34. The van der Waals surface area contributed by atoms with Crippen molar-refractivity contribution in [2.24, 2.45) is 0 Å². The molecule has 3 rings (SSSR count). The van der Waals surface area contributed by atoms with E-state index in [4.69, 9.17) is 4.74 Å². The Labute approximate surface area is 169 Å². The van der Waals surface area contributed by atoms with Crippen molar-refractivity contribution in [3.63, 3.8) is 0 Å². The summed E-state index contributed by atoms with van der Waals surface area (Å²) in [5, 5.41) is 2.91. The van der Waals surface area contributed by atoms with Gasteiger partial charge in [-0.1, -0.05) is 13.0 Å². The van der Waals surface area contributed by atoms with Crippen LogP contribution in [0.25, 0.3) is 0 Å². The summed E-state index contributed by atoms with van der Waals surface area (Å²) in [6.07, 6.45) is 0.769. The van der Waals surface area contributed by atoms with Crippen LogP contribution in [-0.4, -0.2) is 17.6 Å². The first-order valence-corrected chi connectivity index (χ1v) is 9.43. The Balaban J connectivity index is 1.97. The molecular formula is C23H24F2N2O2. The Hall–Kier alpha value is -3.15. The van der Waals surface area contributed by atoms with E-state index in [2.05, 4.69) is 5.32 Å². The number of nitrogens with one attached hydrogen (secondary N) is 1. The normalized spacial score (nSPS) is 10.8. The Morgan fingerprint density at radius 3 is 2.34 bits per heavy atom. The van der Waals surface area contributed by atoms with Crippen molar-refractivity contribution >= 4 is 11.6 Å². The second-order valence-electron chi connectivity index (χ2n) is 6.91. The van der Waals surface area contributed by atoms with Crippen LogP contribution in [0.3, 0.4) is 0 Å². The predicted molar refractivity (Wildman–Crippen MR) is 110 cm³/mol. The summed E-state index contributed by atoms with van der Waals surface area (Å²) in [5.41, 5.74) is 4.65. The van der Waals surface area contributed by atoms with E-state index >= 15 is 0 Å². The lowest BCUT2D eigenvalue weighted by atomic mass is 10.1. The van der Waals surface area contributed by atoms with Gasteiger partial charge >= 0.3 is 0 Å². The monoisotopic (exact) mass is 398 g/mol. The highest BCUT2D eigenvalue weighted by molar-refractivity contribution is 6.04. The molecule has 0 saturated carbocycles. The lowest BCUT2D eigenvalue weighted by Crippen LogP contribution is -2.19. The van der Waals surface area contributed by atoms with Crippen molar-refractivity contribution in [3.05, 3.63) is 82.2 Å². The van der Waals surface area contributed by atoms with Gasteiger partial charge < -0.3 is 14.6 Å². The highest BCUT2D eigenvalue weighted by atomic mass is 19.2. The predicted octanol–water partition coefficient (Wildman–Crippen LogP) is 5.25. The van der Waals surface area contributed by atoms with Crippen LogP contribution in [0.2, 0.25) is 0 Å². The number of anilines is 1. The molecular weight excluding hydrogens is 374 g/mol. The van der Waals surface area contributed by atoms with Crippen LogP contribution in [0.15, 0.2) is 42.5 Å². The first kappa shape index (κ1) is 20.6. The van der Waals surface area contributed by atoms with Crippen molar-refractivity contribution in [3.8, 4) is 5.75 Å². The zero-order valence-corrected chi connectivity index (χ0v) is 17.0. The summed E-state index contributed by atoms with van der Waals surface area (Å²) >= 11 is 0. The molecule has 29 heavy (non-hydrogen) atoms. The van der Waals surface area contributed by atoms with E-state index in [0.717, 1.165) is 29.3 Å². The van der Waals surface area contributed by atoms with Crippen molar-refractivity contribution in [2.45, 2.75) is 33.7 Å². The minimum absolute atomic E-state index is 0.252. The number of nitrogens with zero attached hydrogens (tertiary/aromatic N) is 1. The topological polar surface area (TPSA) is 43.3 Å². The van der Waals surface area contributed by atoms with Gasteiger partial charge in [-0.25, -0.2) is 8.78 Å². The average Bonchev–Trinajstić information content (AvgIpc) is 2.94. The van der Waals surface area contributed by atoms with Gasteiger partial charge in [0.25, 0.3) is 5.91 Å². The zero-order chi connectivity index (χ0) is 21.1. The van der Waals surface area contributed by atoms with Crippen molar-refractivity contribution < 1.29 is 18.3 Å². The number of hydrogen-bond donors (Lipinski definition) is 1. The maximum atomic E-state index is 13.7. The molecule has 1 N–H and O–H groups in total. The number of hydrogen-bond acceptors (Lipinski definition) is 2. The highest BCUT2D eigenvalue weighted by Gasteiger charge is 2.22. The smallest absolute Gasteiger partial charge is 0.272 e. The lowest BCUT2D eigenvalue weighted by Gasteiger charge is -2.13. The van der Waals surface area contributed by atoms with Crippen LogP contribution in [0.1, 0.15) is 39.8 Å². The molecule has 152 valence electrons. The molecule has 0 fully saturated rings. The highest BCUT2D eigenvalue weighted by Crippen LogP contribution is 2.26. The number of ether oxygens (including phenoxy) is 1. The molecule has 0 aliphatic carbocycles. The Morgan fingerprint density at radius 2 is 1.76 bits per heavy atom. The minimum Gasteiger partial charge on any atom is -0.497 e. The molecule has 0 radical (unpaired) electrons. The van der Waals surface area contributed by atoms with Crippen molar-refractivity contribution in [2.75, 3.05) is 12.4 Å². The van der Waals surface area contributed by atoms with Gasteiger partial charge in [0.05, 0.1) is 7.11 Å². The number of carbonyl (C=O) groups is 1. The van der Waals surface area contributed by atoms with E-state index in [1.165, 1.54) is 12.1 Å². The Morgan fingerprint density at radius 1 is 1.07 bits per heavy atom. The Kier molecular flexibility index (Phi) is 6.01. The molecule has 0 saturated heterocycles. The van der Waals surface area contributed by atoms with E-state index < -0.39 is 11.6 Å². The number of carbonyl (C=O) groups excluding carboxylic acids is 1. The SMILES string of the molecule is CCc1c(C)c(C(=O)Nc2ccc(OC)cc2)n(Cc2ccc(F)c(F)c2)c1C. The maximum absolute atomic E-state index is 13.7. The van der Waals surface area contributed by atoms with Crippen LogP contribution in [0.5, 0.6) is 5.75 Å². The van der Waals surface area contributed by atoms with Crippen molar-refractivity contribution in [1.82, 2.24) is 4.57 Å². The third kappa shape index (κ3) is 4.16. The van der Waals surface area contributed by atoms with Gasteiger partial charge in [-0.05, 0) is 73.4 Å². The first-order chi connectivity index (χ1) is 13.8. The quantitative estimate of drug-likeness (QED) is 0.616. The second-order valence-corrected chi connectivity index (χ2v) is 6.91. The van der Waals surface area contributed by atoms with Crippen LogP contribution >= 0.6 is 0 Å². The van der Waals surface area contributed by atoms with E-state index in [0.29, 0.717) is 22.7 Å². The van der Waals surface area contributed by atoms with E-state index in [1.807, 2.05) is 25.3 Å². The molecule has 3 aromatic rings. The summed E-state index contributed by atoms with van der Waals surface area (Å²) < 4.78 is 34.0. The molecule has 0 aliphatic heterocycles. The molecule has 0 aliphatic rings. The lowest BCUT2D eigenvalue weighted by molar-refractivity contribution is 0.101. The fourth-order valence-electron chi connectivity index (χ4n) is 3.64. The third-order valence-electron chi connectivity index (χ3n) is 5.16. The molecule has 2 aromatic carbocycles. The van der Waals surface area contributed by atoms with Crippen LogP contribution < -0.4 is 10.1 Å². The second kappa shape index (κ2) is 8.47. The molecule has 6 heteroatoms. The molecule has 1 amide bonds. The Bertz CT molecular complexity index is 1040. The molecule has 1 heterocycles. The minimum atomic E-state index is -0.899. The fraction of sp³-hybridized carbons (Fsp3) is 0.261.